The minimum Gasteiger partial charge on any atom is -0.383 e. The SMILES string of the molecule is Nc1ncccc1/C=C1/C(=O)NC(=S)N(c2ccc(Cl)cc2)C1=O. The van der Waals surface area contributed by atoms with Crippen molar-refractivity contribution in [1.82, 2.24) is 10.3 Å². The van der Waals surface area contributed by atoms with Crippen molar-refractivity contribution in [2.24, 2.45) is 0 Å². The number of nitrogen functional groups attached to an aromatic ring is 1. The molecular weight excluding hydrogens is 348 g/mol. The smallest absolute Gasteiger partial charge is 0.270 e. The number of aromatic nitrogens is 1. The molecule has 3 N–H and O–H groups in total. The number of benzene rings is 1. The van der Waals surface area contributed by atoms with E-state index in [9.17, 15) is 9.59 Å². The van der Waals surface area contributed by atoms with Crippen LogP contribution in [0, 0.1) is 0 Å². The first-order chi connectivity index (χ1) is 11.5. The largest absolute Gasteiger partial charge is 0.383 e. The fraction of sp³-hybridized carbons (Fsp3) is 0. The molecule has 1 aromatic carbocycles. The molecule has 2 aromatic rings. The van der Waals surface area contributed by atoms with Crippen LogP contribution in [-0.2, 0) is 9.59 Å². The second kappa shape index (κ2) is 6.38. The molecule has 3 rings (SSSR count). The number of pyridine rings is 1. The lowest BCUT2D eigenvalue weighted by Gasteiger charge is -2.29. The molecule has 24 heavy (non-hydrogen) atoms. The molecule has 0 aliphatic carbocycles. The zero-order valence-electron chi connectivity index (χ0n) is 12.2. The second-order valence-electron chi connectivity index (χ2n) is 4.91. The molecule has 1 fully saturated rings. The highest BCUT2D eigenvalue weighted by Crippen LogP contribution is 2.24. The molecule has 1 saturated heterocycles. The van der Waals surface area contributed by atoms with Crippen LogP contribution in [-0.4, -0.2) is 21.9 Å². The van der Waals surface area contributed by atoms with Gasteiger partial charge in [0.15, 0.2) is 5.11 Å². The van der Waals surface area contributed by atoms with Crippen LogP contribution in [0.3, 0.4) is 0 Å². The van der Waals surface area contributed by atoms with E-state index < -0.39 is 11.8 Å². The van der Waals surface area contributed by atoms with Crippen molar-refractivity contribution < 1.29 is 9.59 Å². The molecular formula is C16H11ClN4O2S. The van der Waals surface area contributed by atoms with Crippen LogP contribution in [0.4, 0.5) is 11.5 Å². The quantitative estimate of drug-likeness (QED) is 0.488. The molecule has 1 aliphatic rings. The minimum atomic E-state index is -0.585. The Balaban J connectivity index is 2.03. The first-order valence-electron chi connectivity index (χ1n) is 6.85. The fourth-order valence-electron chi connectivity index (χ4n) is 2.19. The number of amides is 2. The van der Waals surface area contributed by atoms with Gasteiger partial charge < -0.3 is 5.73 Å². The molecule has 6 nitrogen and oxygen atoms in total. The van der Waals surface area contributed by atoms with Gasteiger partial charge in [0.1, 0.15) is 11.4 Å². The predicted octanol–water partition coefficient (Wildman–Crippen LogP) is 2.15. The number of nitrogens with zero attached hydrogens (tertiary/aromatic N) is 2. The van der Waals surface area contributed by atoms with Crippen LogP contribution in [0.5, 0.6) is 0 Å². The van der Waals surface area contributed by atoms with Gasteiger partial charge in [-0.3, -0.25) is 19.8 Å². The van der Waals surface area contributed by atoms with E-state index in [4.69, 9.17) is 29.6 Å². The van der Waals surface area contributed by atoms with Gasteiger partial charge in [0.25, 0.3) is 11.8 Å². The summed E-state index contributed by atoms with van der Waals surface area (Å²) in [6.07, 6.45) is 2.92. The van der Waals surface area contributed by atoms with E-state index in [-0.39, 0.29) is 16.5 Å². The van der Waals surface area contributed by atoms with Gasteiger partial charge in [-0.2, -0.15) is 0 Å². The molecule has 1 aromatic heterocycles. The summed E-state index contributed by atoms with van der Waals surface area (Å²) >= 11 is 11.0. The van der Waals surface area contributed by atoms with Gasteiger partial charge in [0.05, 0.1) is 5.69 Å². The molecule has 120 valence electrons. The molecule has 2 amide bonds. The molecule has 0 radical (unpaired) electrons. The maximum Gasteiger partial charge on any atom is 0.270 e. The predicted molar refractivity (Wildman–Crippen MR) is 96.3 cm³/mol. The maximum absolute atomic E-state index is 12.8. The third kappa shape index (κ3) is 2.99. The molecule has 0 unspecified atom stereocenters. The zero-order chi connectivity index (χ0) is 17.3. The molecule has 0 saturated carbocycles. The van der Waals surface area contributed by atoms with E-state index in [0.717, 1.165) is 0 Å². The summed E-state index contributed by atoms with van der Waals surface area (Å²) in [4.78, 5) is 30.1. The Morgan fingerprint density at radius 3 is 2.58 bits per heavy atom. The Morgan fingerprint density at radius 1 is 1.21 bits per heavy atom. The number of carbonyl (C=O) groups excluding carboxylic acids is 2. The lowest BCUT2D eigenvalue weighted by molar-refractivity contribution is -0.122. The topological polar surface area (TPSA) is 88.3 Å². The van der Waals surface area contributed by atoms with E-state index in [0.29, 0.717) is 16.3 Å². The fourth-order valence-corrected chi connectivity index (χ4v) is 2.60. The minimum absolute atomic E-state index is 0.00336. The van der Waals surface area contributed by atoms with Crippen LogP contribution in [0.15, 0.2) is 48.2 Å². The third-order valence-electron chi connectivity index (χ3n) is 3.36. The van der Waals surface area contributed by atoms with E-state index in [1.165, 1.54) is 17.2 Å². The number of thiocarbonyl (C=S) groups is 1. The Labute approximate surface area is 147 Å². The summed E-state index contributed by atoms with van der Waals surface area (Å²) in [5.41, 5.74) is 6.65. The highest BCUT2D eigenvalue weighted by Gasteiger charge is 2.34. The second-order valence-corrected chi connectivity index (χ2v) is 5.74. The summed E-state index contributed by atoms with van der Waals surface area (Å²) in [7, 11) is 0. The molecule has 8 heteroatoms. The van der Waals surface area contributed by atoms with Crippen molar-refractivity contribution in [2.45, 2.75) is 0 Å². The van der Waals surface area contributed by atoms with Crippen molar-refractivity contribution >= 4 is 58.3 Å². The number of rotatable bonds is 2. The van der Waals surface area contributed by atoms with Gasteiger partial charge in [-0.1, -0.05) is 11.6 Å². The average Bonchev–Trinajstić information content (AvgIpc) is 2.54. The van der Waals surface area contributed by atoms with Crippen molar-refractivity contribution in [3.63, 3.8) is 0 Å². The molecule has 0 atom stereocenters. The van der Waals surface area contributed by atoms with Gasteiger partial charge in [-0.15, -0.1) is 0 Å². The lowest BCUT2D eigenvalue weighted by atomic mass is 10.1. The Bertz CT molecular complexity index is 880. The Kier molecular flexibility index (Phi) is 4.28. The molecule has 0 spiro atoms. The summed E-state index contributed by atoms with van der Waals surface area (Å²) in [5, 5.41) is 3.03. The molecule has 0 bridgehead atoms. The van der Waals surface area contributed by atoms with Crippen molar-refractivity contribution in [2.75, 3.05) is 10.6 Å². The van der Waals surface area contributed by atoms with Crippen molar-refractivity contribution in [1.29, 1.82) is 0 Å². The highest BCUT2D eigenvalue weighted by atomic mass is 35.5. The van der Waals surface area contributed by atoms with Crippen LogP contribution >= 0.6 is 23.8 Å². The third-order valence-corrected chi connectivity index (χ3v) is 3.89. The molecule has 1 aliphatic heterocycles. The zero-order valence-corrected chi connectivity index (χ0v) is 13.8. The van der Waals surface area contributed by atoms with E-state index >= 15 is 0 Å². The van der Waals surface area contributed by atoms with E-state index in [1.807, 2.05) is 0 Å². The lowest BCUT2D eigenvalue weighted by Crippen LogP contribution is -2.54. The summed E-state index contributed by atoms with van der Waals surface area (Å²) < 4.78 is 0. The normalized spacial score (nSPS) is 16.5. The Morgan fingerprint density at radius 2 is 1.92 bits per heavy atom. The highest BCUT2D eigenvalue weighted by molar-refractivity contribution is 7.80. The van der Waals surface area contributed by atoms with Crippen molar-refractivity contribution in [3.8, 4) is 0 Å². The van der Waals surface area contributed by atoms with Gasteiger partial charge in [0.2, 0.25) is 0 Å². The van der Waals surface area contributed by atoms with Crippen LogP contribution in [0.25, 0.3) is 6.08 Å². The van der Waals surface area contributed by atoms with Gasteiger partial charge >= 0.3 is 0 Å². The van der Waals surface area contributed by atoms with Crippen LogP contribution in [0.2, 0.25) is 5.02 Å². The number of anilines is 2. The number of carbonyl (C=O) groups is 2. The van der Waals surface area contributed by atoms with E-state index in [2.05, 4.69) is 10.3 Å². The van der Waals surface area contributed by atoms with E-state index in [1.54, 1.807) is 36.4 Å². The number of hydrogen-bond donors (Lipinski definition) is 2. The summed E-state index contributed by atoms with van der Waals surface area (Å²) in [6.45, 7) is 0. The van der Waals surface area contributed by atoms with Crippen LogP contribution < -0.4 is 16.0 Å². The molecule has 2 heterocycles. The first kappa shape index (κ1) is 16.1. The summed E-state index contributed by atoms with van der Waals surface area (Å²) in [6, 6.07) is 9.86. The van der Waals surface area contributed by atoms with Gasteiger partial charge in [-0.05, 0) is 54.7 Å². The van der Waals surface area contributed by atoms with Crippen LogP contribution in [0.1, 0.15) is 5.56 Å². The van der Waals surface area contributed by atoms with Gasteiger partial charge in [0, 0.05) is 16.8 Å². The Hall–Kier alpha value is -2.77. The summed E-state index contributed by atoms with van der Waals surface area (Å²) in [5.74, 6) is -0.912. The average molecular weight is 359 g/mol. The first-order valence-corrected chi connectivity index (χ1v) is 7.63. The number of nitrogens with one attached hydrogen (secondary N) is 1. The monoisotopic (exact) mass is 358 g/mol. The number of hydrogen-bond acceptors (Lipinski definition) is 5. The van der Waals surface area contributed by atoms with Crippen molar-refractivity contribution in [3.05, 3.63) is 58.8 Å². The standard InChI is InChI=1S/C16H11ClN4O2S/c17-10-3-5-11(6-4-10)21-15(23)12(14(22)20-16(21)24)8-9-2-1-7-19-13(9)18/h1-8H,(H2,18,19)(H,20,22,24)/b12-8-. The maximum atomic E-state index is 12.8. The number of nitrogens with two attached hydrogens (primary N) is 1. The van der Waals surface area contributed by atoms with Gasteiger partial charge in [-0.25, -0.2) is 4.98 Å². The number of halogens is 1.